The third kappa shape index (κ3) is 2.19. The SMILES string of the molecule is COCC1CCCC1C(C)C. The van der Waals surface area contributed by atoms with Gasteiger partial charge in [0.1, 0.15) is 0 Å². The fourth-order valence-corrected chi connectivity index (χ4v) is 2.36. The quantitative estimate of drug-likeness (QED) is 0.610. The van der Waals surface area contributed by atoms with Crippen LogP contribution in [0.3, 0.4) is 0 Å². The number of hydrogen-bond acceptors (Lipinski definition) is 1. The van der Waals surface area contributed by atoms with E-state index >= 15 is 0 Å². The zero-order valence-electron chi connectivity index (χ0n) is 7.97. The van der Waals surface area contributed by atoms with Crippen molar-refractivity contribution in [3.05, 3.63) is 0 Å². The van der Waals surface area contributed by atoms with Crippen molar-refractivity contribution in [1.29, 1.82) is 0 Å². The van der Waals surface area contributed by atoms with Gasteiger partial charge in [0.05, 0.1) is 0 Å². The first kappa shape index (κ1) is 9.05. The first-order chi connectivity index (χ1) is 5.25. The molecule has 0 spiro atoms. The highest BCUT2D eigenvalue weighted by Gasteiger charge is 2.28. The van der Waals surface area contributed by atoms with Crippen LogP contribution < -0.4 is 0 Å². The third-order valence-electron chi connectivity index (χ3n) is 2.95. The van der Waals surface area contributed by atoms with E-state index in [2.05, 4.69) is 13.8 Å². The van der Waals surface area contributed by atoms with Gasteiger partial charge in [-0.1, -0.05) is 20.3 Å². The van der Waals surface area contributed by atoms with Gasteiger partial charge >= 0.3 is 0 Å². The third-order valence-corrected chi connectivity index (χ3v) is 2.95. The predicted molar refractivity (Wildman–Crippen MR) is 47.5 cm³/mol. The van der Waals surface area contributed by atoms with Gasteiger partial charge in [0, 0.05) is 13.7 Å². The molecule has 66 valence electrons. The van der Waals surface area contributed by atoms with Crippen LogP contribution in [0.1, 0.15) is 33.1 Å². The molecule has 0 aliphatic heterocycles. The molecule has 0 saturated heterocycles. The zero-order valence-corrected chi connectivity index (χ0v) is 7.97. The van der Waals surface area contributed by atoms with E-state index in [1.54, 1.807) is 0 Å². The van der Waals surface area contributed by atoms with E-state index in [-0.39, 0.29) is 0 Å². The van der Waals surface area contributed by atoms with Crippen molar-refractivity contribution < 1.29 is 4.74 Å². The van der Waals surface area contributed by atoms with E-state index in [9.17, 15) is 0 Å². The Hall–Kier alpha value is -0.0400. The molecule has 0 amide bonds. The molecule has 1 fully saturated rings. The van der Waals surface area contributed by atoms with Crippen LogP contribution in [0.15, 0.2) is 0 Å². The summed E-state index contributed by atoms with van der Waals surface area (Å²) in [6.07, 6.45) is 4.22. The van der Waals surface area contributed by atoms with E-state index < -0.39 is 0 Å². The monoisotopic (exact) mass is 156 g/mol. The molecule has 1 nitrogen and oxygen atoms in total. The first-order valence-electron chi connectivity index (χ1n) is 4.74. The summed E-state index contributed by atoms with van der Waals surface area (Å²) in [4.78, 5) is 0. The normalized spacial score (nSPS) is 31.6. The van der Waals surface area contributed by atoms with Gasteiger partial charge in [0.25, 0.3) is 0 Å². The number of rotatable bonds is 3. The highest BCUT2D eigenvalue weighted by Crippen LogP contribution is 2.36. The molecule has 1 aliphatic rings. The Bertz CT molecular complexity index is 109. The van der Waals surface area contributed by atoms with Crippen LogP contribution in [-0.4, -0.2) is 13.7 Å². The molecule has 1 rings (SSSR count). The van der Waals surface area contributed by atoms with Crippen LogP contribution in [0.25, 0.3) is 0 Å². The van der Waals surface area contributed by atoms with Gasteiger partial charge in [0.2, 0.25) is 0 Å². The predicted octanol–water partition coefficient (Wildman–Crippen LogP) is 2.71. The van der Waals surface area contributed by atoms with E-state index in [1.807, 2.05) is 7.11 Å². The van der Waals surface area contributed by atoms with E-state index in [0.29, 0.717) is 0 Å². The molecule has 0 radical (unpaired) electrons. The van der Waals surface area contributed by atoms with Crippen molar-refractivity contribution in [3.63, 3.8) is 0 Å². The summed E-state index contributed by atoms with van der Waals surface area (Å²) in [5, 5.41) is 0. The van der Waals surface area contributed by atoms with Crippen molar-refractivity contribution >= 4 is 0 Å². The van der Waals surface area contributed by atoms with Gasteiger partial charge in [-0.15, -0.1) is 0 Å². The number of methoxy groups -OCH3 is 1. The Morgan fingerprint density at radius 2 is 2.09 bits per heavy atom. The molecular weight excluding hydrogens is 136 g/mol. The van der Waals surface area contributed by atoms with Crippen LogP contribution in [0.4, 0.5) is 0 Å². The Kier molecular flexibility index (Phi) is 3.38. The van der Waals surface area contributed by atoms with E-state index in [4.69, 9.17) is 4.74 Å². The smallest absolute Gasteiger partial charge is 0.0493 e. The summed E-state index contributed by atoms with van der Waals surface area (Å²) in [5.74, 6) is 2.62. The number of ether oxygens (including phenoxy) is 1. The molecule has 1 heteroatoms. The molecule has 11 heavy (non-hydrogen) atoms. The van der Waals surface area contributed by atoms with Gasteiger partial charge < -0.3 is 4.74 Å². The maximum atomic E-state index is 5.21. The molecule has 0 aromatic rings. The average Bonchev–Trinajstić information content (AvgIpc) is 2.36. The molecule has 1 aliphatic carbocycles. The molecule has 2 unspecified atom stereocenters. The van der Waals surface area contributed by atoms with Crippen LogP contribution in [-0.2, 0) is 4.74 Å². The van der Waals surface area contributed by atoms with Gasteiger partial charge in [-0.25, -0.2) is 0 Å². The second kappa shape index (κ2) is 4.10. The second-order valence-electron chi connectivity index (χ2n) is 4.05. The Labute approximate surface area is 70.1 Å². The molecule has 0 aromatic heterocycles. The largest absolute Gasteiger partial charge is 0.384 e. The summed E-state index contributed by atoms with van der Waals surface area (Å²) in [6, 6.07) is 0. The molecule has 2 atom stereocenters. The van der Waals surface area contributed by atoms with Crippen LogP contribution in [0.5, 0.6) is 0 Å². The lowest BCUT2D eigenvalue weighted by molar-refractivity contribution is 0.119. The Morgan fingerprint density at radius 1 is 1.36 bits per heavy atom. The lowest BCUT2D eigenvalue weighted by Crippen LogP contribution is -2.18. The standard InChI is InChI=1S/C10H20O/c1-8(2)10-6-4-5-9(10)7-11-3/h8-10H,4-7H2,1-3H3. The van der Waals surface area contributed by atoms with Crippen molar-refractivity contribution in [2.24, 2.45) is 17.8 Å². The minimum absolute atomic E-state index is 0.845. The van der Waals surface area contributed by atoms with Crippen LogP contribution in [0, 0.1) is 17.8 Å². The average molecular weight is 156 g/mol. The Balaban J connectivity index is 2.37. The molecular formula is C10H20O. The van der Waals surface area contributed by atoms with Crippen molar-refractivity contribution in [3.8, 4) is 0 Å². The lowest BCUT2D eigenvalue weighted by atomic mass is 9.87. The van der Waals surface area contributed by atoms with E-state index in [0.717, 1.165) is 24.4 Å². The number of hydrogen-bond donors (Lipinski definition) is 0. The maximum Gasteiger partial charge on any atom is 0.0493 e. The molecule has 0 N–H and O–H groups in total. The first-order valence-corrected chi connectivity index (χ1v) is 4.74. The topological polar surface area (TPSA) is 9.23 Å². The molecule has 0 aromatic carbocycles. The van der Waals surface area contributed by atoms with Crippen molar-refractivity contribution in [2.45, 2.75) is 33.1 Å². The van der Waals surface area contributed by atoms with Crippen molar-refractivity contribution in [2.75, 3.05) is 13.7 Å². The summed E-state index contributed by atoms with van der Waals surface area (Å²) in [7, 11) is 1.82. The zero-order chi connectivity index (χ0) is 8.27. The van der Waals surface area contributed by atoms with Crippen molar-refractivity contribution in [1.82, 2.24) is 0 Å². The van der Waals surface area contributed by atoms with Gasteiger partial charge in [-0.05, 0) is 30.6 Å². The minimum Gasteiger partial charge on any atom is -0.384 e. The highest BCUT2D eigenvalue weighted by molar-refractivity contribution is 4.79. The Morgan fingerprint density at radius 3 is 2.64 bits per heavy atom. The second-order valence-corrected chi connectivity index (χ2v) is 4.05. The molecule has 0 heterocycles. The van der Waals surface area contributed by atoms with E-state index in [1.165, 1.54) is 19.3 Å². The summed E-state index contributed by atoms with van der Waals surface area (Å²) < 4.78 is 5.21. The fraction of sp³-hybridized carbons (Fsp3) is 1.00. The van der Waals surface area contributed by atoms with Crippen LogP contribution >= 0.6 is 0 Å². The highest BCUT2D eigenvalue weighted by atomic mass is 16.5. The summed E-state index contributed by atoms with van der Waals surface area (Å²) in [5.41, 5.74) is 0. The molecule has 1 saturated carbocycles. The lowest BCUT2D eigenvalue weighted by Gasteiger charge is -2.22. The van der Waals surface area contributed by atoms with Gasteiger partial charge in [-0.2, -0.15) is 0 Å². The fourth-order valence-electron chi connectivity index (χ4n) is 2.36. The maximum absolute atomic E-state index is 5.21. The summed E-state index contributed by atoms with van der Waals surface area (Å²) in [6.45, 7) is 5.64. The van der Waals surface area contributed by atoms with Crippen LogP contribution in [0.2, 0.25) is 0 Å². The summed E-state index contributed by atoms with van der Waals surface area (Å²) >= 11 is 0. The minimum atomic E-state index is 0.845. The van der Waals surface area contributed by atoms with Gasteiger partial charge in [0.15, 0.2) is 0 Å². The van der Waals surface area contributed by atoms with Gasteiger partial charge in [-0.3, -0.25) is 0 Å². The molecule has 0 bridgehead atoms.